The summed E-state index contributed by atoms with van der Waals surface area (Å²) in [7, 11) is 0. The van der Waals surface area contributed by atoms with Crippen LogP contribution in [0.25, 0.3) is 10.8 Å². The van der Waals surface area contributed by atoms with Crippen LogP contribution in [0.5, 0.6) is 0 Å². The van der Waals surface area contributed by atoms with Gasteiger partial charge in [-0.3, -0.25) is 4.79 Å². The van der Waals surface area contributed by atoms with Gasteiger partial charge < -0.3 is 19.7 Å². The Balaban J connectivity index is 1.40. The van der Waals surface area contributed by atoms with E-state index in [-0.39, 0.29) is 17.3 Å². The van der Waals surface area contributed by atoms with Gasteiger partial charge in [0, 0.05) is 30.8 Å². The lowest BCUT2D eigenvalue weighted by molar-refractivity contribution is -0.113. The van der Waals surface area contributed by atoms with Gasteiger partial charge in [-0.1, -0.05) is 42.1 Å². The number of aromatic nitrogens is 1. The first-order chi connectivity index (χ1) is 16.9. The molecule has 0 radical (unpaired) electrons. The highest BCUT2D eigenvalue weighted by Gasteiger charge is 2.33. The van der Waals surface area contributed by atoms with E-state index >= 15 is 0 Å². The molecule has 5 rings (SSSR count). The van der Waals surface area contributed by atoms with E-state index in [1.807, 2.05) is 56.3 Å². The Morgan fingerprint density at radius 1 is 1.17 bits per heavy atom. The Bertz CT molecular complexity index is 1310. The van der Waals surface area contributed by atoms with Crippen LogP contribution in [0.3, 0.4) is 0 Å². The average molecular weight is 489 g/mol. The van der Waals surface area contributed by atoms with E-state index in [4.69, 9.17) is 14.5 Å². The first-order valence-corrected chi connectivity index (χ1v) is 12.8. The number of nitrogens with one attached hydrogen (secondary N) is 1. The third-order valence-corrected chi connectivity index (χ3v) is 7.34. The van der Waals surface area contributed by atoms with Crippen LogP contribution < -0.4 is 10.2 Å². The van der Waals surface area contributed by atoms with Crippen molar-refractivity contribution < 1.29 is 14.3 Å². The molecule has 1 aromatic heterocycles. The molecule has 1 N–H and O–H groups in total. The minimum absolute atomic E-state index is 0.134. The van der Waals surface area contributed by atoms with Gasteiger partial charge in [0.05, 0.1) is 36.7 Å². The molecule has 2 aliphatic heterocycles. The van der Waals surface area contributed by atoms with E-state index < -0.39 is 0 Å². The van der Waals surface area contributed by atoms with Crippen molar-refractivity contribution in [2.24, 2.45) is 0 Å². The van der Waals surface area contributed by atoms with Crippen LogP contribution in [0.2, 0.25) is 0 Å². The number of fused-ring (bicyclic) bond motifs is 2. The van der Waals surface area contributed by atoms with E-state index in [0.717, 1.165) is 46.5 Å². The highest BCUT2D eigenvalue weighted by molar-refractivity contribution is 8.00. The van der Waals surface area contributed by atoms with Crippen molar-refractivity contribution in [1.82, 2.24) is 4.98 Å². The van der Waals surface area contributed by atoms with Crippen LogP contribution in [0.1, 0.15) is 30.5 Å². The molecule has 2 aromatic carbocycles. The van der Waals surface area contributed by atoms with Gasteiger partial charge in [-0.05, 0) is 42.3 Å². The smallest absolute Gasteiger partial charge is 0.234 e. The second-order valence-corrected chi connectivity index (χ2v) is 10.4. The van der Waals surface area contributed by atoms with Crippen molar-refractivity contribution in [1.29, 1.82) is 5.26 Å². The number of thioether (sulfide) groups is 1. The number of benzene rings is 2. The number of nitrogens with zero attached hydrogens (tertiary/aromatic N) is 3. The highest BCUT2D eigenvalue weighted by atomic mass is 32.2. The second-order valence-electron chi connectivity index (χ2n) is 9.41. The summed E-state index contributed by atoms with van der Waals surface area (Å²) in [5, 5.41) is 15.8. The molecule has 0 saturated carbocycles. The number of ether oxygens (including phenoxy) is 2. The SMILES string of the molecule is CC1(C)Cc2c(C#N)c(SCC(=O)Nc3ccc4ccccc4c3)nc(N3CCOCC3)c2CO1. The normalized spacial score (nSPS) is 17.0. The van der Waals surface area contributed by atoms with Gasteiger partial charge in [-0.15, -0.1) is 0 Å². The van der Waals surface area contributed by atoms with Crippen LogP contribution in [0.4, 0.5) is 11.5 Å². The van der Waals surface area contributed by atoms with Crippen LogP contribution >= 0.6 is 11.8 Å². The number of nitriles is 1. The maximum Gasteiger partial charge on any atom is 0.234 e. The van der Waals surface area contributed by atoms with Gasteiger partial charge in [-0.2, -0.15) is 5.26 Å². The standard InChI is InChI=1S/C27H28N4O3S/c1-27(2)14-21-22(15-28)26(30-25(23(21)16-34-27)31-9-11-33-12-10-31)35-17-24(32)29-20-8-7-18-5-3-4-6-19(18)13-20/h3-8,13H,9-12,14,16-17H2,1-2H3,(H,29,32). The van der Waals surface area contributed by atoms with E-state index in [0.29, 0.717) is 36.8 Å². The Morgan fingerprint density at radius 2 is 1.94 bits per heavy atom. The maximum absolute atomic E-state index is 12.8. The summed E-state index contributed by atoms with van der Waals surface area (Å²) in [5.74, 6) is 0.871. The lowest BCUT2D eigenvalue weighted by atomic mass is 9.89. The number of hydrogen-bond acceptors (Lipinski definition) is 7. The van der Waals surface area contributed by atoms with Crippen LogP contribution in [-0.4, -0.2) is 48.5 Å². The second kappa shape index (κ2) is 9.86. The highest BCUT2D eigenvalue weighted by Crippen LogP contribution is 2.38. The number of amides is 1. The van der Waals surface area contributed by atoms with Crippen molar-refractivity contribution in [3.05, 3.63) is 59.2 Å². The fourth-order valence-corrected chi connectivity index (χ4v) is 5.38. The molecule has 0 aliphatic carbocycles. The summed E-state index contributed by atoms with van der Waals surface area (Å²) in [6.07, 6.45) is 0.627. The molecular weight excluding hydrogens is 460 g/mol. The number of carbonyl (C=O) groups is 1. The van der Waals surface area contributed by atoms with E-state index in [1.54, 1.807) is 0 Å². The minimum atomic E-state index is -0.363. The Morgan fingerprint density at radius 3 is 2.71 bits per heavy atom. The van der Waals surface area contributed by atoms with Crippen molar-refractivity contribution in [2.45, 2.75) is 37.5 Å². The summed E-state index contributed by atoms with van der Waals surface area (Å²) in [5.41, 5.74) is 2.90. The number of carbonyl (C=O) groups excluding carboxylic acids is 1. The maximum atomic E-state index is 12.8. The zero-order chi connectivity index (χ0) is 24.4. The van der Waals surface area contributed by atoms with Gasteiger partial charge in [0.25, 0.3) is 0 Å². The summed E-state index contributed by atoms with van der Waals surface area (Å²) >= 11 is 1.31. The summed E-state index contributed by atoms with van der Waals surface area (Å²) in [6.45, 7) is 7.25. The van der Waals surface area contributed by atoms with Crippen LogP contribution in [0, 0.1) is 11.3 Å². The number of anilines is 2. The van der Waals surface area contributed by atoms with E-state index in [9.17, 15) is 10.1 Å². The minimum Gasteiger partial charge on any atom is -0.378 e. The zero-order valence-corrected chi connectivity index (χ0v) is 20.8. The predicted molar refractivity (Wildman–Crippen MR) is 138 cm³/mol. The zero-order valence-electron chi connectivity index (χ0n) is 20.0. The first kappa shape index (κ1) is 23.6. The average Bonchev–Trinajstić information content (AvgIpc) is 2.86. The Kier molecular flexibility index (Phi) is 6.65. The molecule has 180 valence electrons. The number of pyridine rings is 1. The third kappa shape index (κ3) is 5.13. The molecule has 8 heteroatoms. The van der Waals surface area contributed by atoms with Gasteiger partial charge >= 0.3 is 0 Å². The fraction of sp³-hybridized carbons (Fsp3) is 0.370. The number of rotatable bonds is 5. The molecule has 1 saturated heterocycles. The van der Waals surface area contributed by atoms with Gasteiger partial charge in [-0.25, -0.2) is 4.98 Å². The molecule has 1 fully saturated rings. The van der Waals surface area contributed by atoms with Crippen molar-refractivity contribution >= 4 is 39.9 Å². The molecule has 2 aliphatic rings. The fourth-order valence-electron chi connectivity index (χ4n) is 4.58. The van der Waals surface area contributed by atoms with Crippen LogP contribution in [-0.2, 0) is 27.3 Å². The Labute approximate surface area is 209 Å². The van der Waals surface area contributed by atoms with Crippen molar-refractivity contribution in [3.63, 3.8) is 0 Å². The topological polar surface area (TPSA) is 87.5 Å². The van der Waals surface area contributed by atoms with Gasteiger partial charge in [0.1, 0.15) is 16.9 Å². The molecule has 0 spiro atoms. The van der Waals surface area contributed by atoms with E-state index in [1.165, 1.54) is 11.8 Å². The van der Waals surface area contributed by atoms with Gasteiger partial charge in [0.15, 0.2) is 0 Å². The molecule has 7 nitrogen and oxygen atoms in total. The van der Waals surface area contributed by atoms with Crippen molar-refractivity contribution in [2.75, 3.05) is 42.3 Å². The lowest BCUT2D eigenvalue weighted by Crippen LogP contribution is -2.39. The molecule has 0 bridgehead atoms. The molecule has 3 aromatic rings. The predicted octanol–water partition coefficient (Wildman–Crippen LogP) is 4.53. The largest absolute Gasteiger partial charge is 0.378 e. The molecule has 35 heavy (non-hydrogen) atoms. The summed E-state index contributed by atoms with van der Waals surface area (Å²) < 4.78 is 11.6. The molecular formula is C27H28N4O3S. The Hall–Kier alpha value is -3.12. The number of morpholine rings is 1. The molecule has 3 heterocycles. The quantitative estimate of drug-likeness (QED) is 0.528. The first-order valence-electron chi connectivity index (χ1n) is 11.8. The van der Waals surface area contributed by atoms with E-state index in [2.05, 4.69) is 16.3 Å². The molecule has 1 amide bonds. The van der Waals surface area contributed by atoms with Crippen LogP contribution in [0.15, 0.2) is 47.5 Å². The summed E-state index contributed by atoms with van der Waals surface area (Å²) in [6, 6.07) is 16.3. The third-order valence-electron chi connectivity index (χ3n) is 6.36. The lowest BCUT2D eigenvalue weighted by Gasteiger charge is -2.36. The number of hydrogen-bond donors (Lipinski definition) is 1. The van der Waals surface area contributed by atoms with Gasteiger partial charge in [0.2, 0.25) is 5.91 Å². The monoisotopic (exact) mass is 488 g/mol. The summed E-state index contributed by atoms with van der Waals surface area (Å²) in [4.78, 5) is 19.9. The molecule has 0 atom stereocenters. The van der Waals surface area contributed by atoms with Crippen molar-refractivity contribution in [3.8, 4) is 6.07 Å². The molecule has 0 unspecified atom stereocenters.